The molecule has 0 bridgehead atoms. The Morgan fingerprint density at radius 1 is 1.17 bits per heavy atom. The fraction of sp³-hybridized carbons (Fsp3) is 0.200. The summed E-state index contributed by atoms with van der Waals surface area (Å²) in [4.78, 5) is 0. The van der Waals surface area contributed by atoms with Crippen LogP contribution in [-0.2, 0) is 6.42 Å². The summed E-state index contributed by atoms with van der Waals surface area (Å²) in [6.45, 7) is 0.805. The fourth-order valence-corrected chi connectivity index (χ4v) is 1.74. The molecule has 0 atom stereocenters. The summed E-state index contributed by atoms with van der Waals surface area (Å²) in [6.07, 6.45) is 2.73. The normalized spacial score (nSPS) is 14.7. The molecule has 0 aliphatic carbocycles. The number of hydrogen-bond donors (Lipinski definition) is 0. The van der Waals surface area contributed by atoms with E-state index in [9.17, 15) is 0 Å². The van der Waals surface area contributed by atoms with Crippen LogP contribution in [0.5, 0.6) is 5.75 Å². The minimum Gasteiger partial charge on any atom is -0.493 e. The summed E-state index contributed by atoms with van der Waals surface area (Å²) in [5.41, 5.74) is 2.25. The smallest absolute Gasteiger partial charge is 0.134 e. The second kappa shape index (κ2) is 2.03. The summed E-state index contributed by atoms with van der Waals surface area (Å²) < 4.78 is 10.7. The minimum atomic E-state index is 0.805. The van der Waals surface area contributed by atoms with Crippen molar-refractivity contribution in [2.24, 2.45) is 0 Å². The van der Waals surface area contributed by atoms with Gasteiger partial charge in [-0.15, -0.1) is 0 Å². The van der Waals surface area contributed by atoms with Gasteiger partial charge in [-0.1, -0.05) is 0 Å². The lowest BCUT2D eigenvalue weighted by atomic mass is 10.1. The molecule has 2 nitrogen and oxygen atoms in total. The molecule has 0 amide bonds. The Balaban J connectivity index is 2.46. The highest BCUT2D eigenvalue weighted by Crippen LogP contribution is 2.32. The summed E-state index contributed by atoms with van der Waals surface area (Å²) in [6, 6.07) is 5.94. The molecular weight excluding hydrogens is 152 g/mol. The zero-order chi connectivity index (χ0) is 7.97. The fourth-order valence-electron chi connectivity index (χ4n) is 1.74. The molecular formula is C10H8O2. The van der Waals surface area contributed by atoms with E-state index in [1.807, 2.05) is 18.2 Å². The van der Waals surface area contributed by atoms with Gasteiger partial charge in [0.1, 0.15) is 11.3 Å². The van der Waals surface area contributed by atoms with Gasteiger partial charge in [-0.2, -0.15) is 0 Å². The van der Waals surface area contributed by atoms with Gasteiger partial charge >= 0.3 is 0 Å². The van der Waals surface area contributed by atoms with E-state index < -0.39 is 0 Å². The first-order valence-corrected chi connectivity index (χ1v) is 4.07. The van der Waals surface area contributed by atoms with Crippen LogP contribution in [-0.4, -0.2) is 6.61 Å². The molecule has 1 aliphatic rings. The summed E-state index contributed by atoms with van der Waals surface area (Å²) in [5, 5.41) is 1.20. The zero-order valence-corrected chi connectivity index (χ0v) is 6.54. The molecule has 1 aromatic carbocycles. The average Bonchev–Trinajstić information content (AvgIpc) is 2.71. The summed E-state index contributed by atoms with van der Waals surface area (Å²) >= 11 is 0. The third kappa shape index (κ3) is 0.644. The van der Waals surface area contributed by atoms with Crippen molar-refractivity contribution in [3.05, 3.63) is 30.0 Å². The van der Waals surface area contributed by atoms with Gasteiger partial charge < -0.3 is 9.15 Å². The first-order valence-electron chi connectivity index (χ1n) is 4.07. The molecule has 12 heavy (non-hydrogen) atoms. The molecule has 0 spiro atoms. The Hall–Kier alpha value is -1.44. The molecule has 3 rings (SSSR count). The third-order valence-corrected chi connectivity index (χ3v) is 2.31. The van der Waals surface area contributed by atoms with Crippen LogP contribution >= 0.6 is 0 Å². The predicted octanol–water partition coefficient (Wildman–Crippen LogP) is 2.37. The molecule has 0 fully saturated rings. The van der Waals surface area contributed by atoms with Gasteiger partial charge in [0.2, 0.25) is 0 Å². The van der Waals surface area contributed by atoms with Crippen LogP contribution in [0.1, 0.15) is 5.56 Å². The molecule has 2 heterocycles. The zero-order valence-electron chi connectivity index (χ0n) is 6.54. The Morgan fingerprint density at radius 2 is 2.17 bits per heavy atom. The van der Waals surface area contributed by atoms with E-state index in [1.165, 1.54) is 10.9 Å². The van der Waals surface area contributed by atoms with Gasteiger partial charge in [-0.25, -0.2) is 0 Å². The van der Waals surface area contributed by atoms with Crippen molar-refractivity contribution in [1.29, 1.82) is 0 Å². The van der Waals surface area contributed by atoms with Crippen molar-refractivity contribution in [2.75, 3.05) is 6.61 Å². The molecule has 0 N–H and O–H groups in total. The van der Waals surface area contributed by atoms with Crippen molar-refractivity contribution in [2.45, 2.75) is 6.42 Å². The number of ether oxygens (including phenoxy) is 1. The van der Waals surface area contributed by atoms with Crippen molar-refractivity contribution in [3.63, 3.8) is 0 Å². The number of benzene rings is 1. The Labute approximate surface area is 69.7 Å². The maximum absolute atomic E-state index is 5.43. The van der Waals surface area contributed by atoms with Crippen LogP contribution < -0.4 is 4.74 Å². The van der Waals surface area contributed by atoms with Gasteiger partial charge in [0, 0.05) is 17.4 Å². The molecule has 1 aliphatic heterocycles. The maximum Gasteiger partial charge on any atom is 0.134 e. The first-order chi connectivity index (χ1) is 5.95. The van der Waals surface area contributed by atoms with E-state index in [2.05, 4.69) is 0 Å². The number of furan rings is 1. The molecule has 0 unspecified atom stereocenters. The maximum atomic E-state index is 5.43. The Morgan fingerprint density at radius 3 is 3.17 bits per heavy atom. The lowest BCUT2D eigenvalue weighted by Crippen LogP contribution is -1.85. The van der Waals surface area contributed by atoms with Gasteiger partial charge in [0.15, 0.2) is 0 Å². The van der Waals surface area contributed by atoms with Gasteiger partial charge in [-0.05, 0) is 18.2 Å². The van der Waals surface area contributed by atoms with Gasteiger partial charge in [0.25, 0.3) is 0 Å². The molecule has 1 aromatic heterocycles. The quantitative estimate of drug-likeness (QED) is 0.590. The predicted molar refractivity (Wildman–Crippen MR) is 45.4 cm³/mol. The van der Waals surface area contributed by atoms with Gasteiger partial charge in [-0.3, -0.25) is 0 Å². The third-order valence-electron chi connectivity index (χ3n) is 2.31. The molecule has 0 saturated carbocycles. The number of rotatable bonds is 0. The van der Waals surface area contributed by atoms with E-state index in [1.54, 1.807) is 6.26 Å². The van der Waals surface area contributed by atoms with E-state index in [0.717, 1.165) is 24.4 Å². The Kier molecular flexibility index (Phi) is 1.04. The monoisotopic (exact) mass is 160 g/mol. The molecule has 2 aromatic rings. The highest BCUT2D eigenvalue weighted by Gasteiger charge is 2.15. The average molecular weight is 160 g/mol. The van der Waals surface area contributed by atoms with E-state index in [0.29, 0.717) is 0 Å². The van der Waals surface area contributed by atoms with Crippen LogP contribution in [0, 0.1) is 0 Å². The highest BCUT2D eigenvalue weighted by atomic mass is 16.5. The largest absolute Gasteiger partial charge is 0.493 e. The van der Waals surface area contributed by atoms with Crippen molar-refractivity contribution in [3.8, 4) is 5.75 Å². The second-order valence-electron chi connectivity index (χ2n) is 2.97. The van der Waals surface area contributed by atoms with Gasteiger partial charge in [0.05, 0.1) is 12.9 Å². The van der Waals surface area contributed by atoms with Crippen LogP contribution in [0.15, 0.2) is 28.9 Å². The van der Waals surface area contributed by atoms with Crippen LogP contribution in [0.4, 0.5) is 0 Å². The second-order valence-corrected chi connectivity index (χ2v) is 2.97. The standard InChI is InChI=1S/C10H8O2/c1-2-10-8(4-6-12-10)7-3-5-11-9(1)7/h1-3,5H,4,6H2. The lowest BCUT2D eigenvalue weighted by molar-refractivity contribution is 0.357. The highest BCUT2D eigenvalue weighted by molar-refractivity contribution is 5.83. The van der Waals surface area contributed by atoms with Crippen molar-refractivity contribution < 1.29 is 9.15 Å². The van der Waals surface area contributed by atoms with E-state index >= 15 is 0 Å². The number of hydrogen-bond acceptors (Lipinski definition) is 2. The van der Waals surface area contributed by atoms with E-state index in [-0.39, 0.29) is 0 Å². The Bertz CT molecular complexity index is 428. The minimum absolute atomic E-state index is 0.805. The molecule has 0 radical (unpaired) electrons. The topological polar surface area (TPSA) is 22.4 Å². The van der Waals surface area contributed by atoms with Crippen LogP contribution in [0.3, 0.4) is 0 Å². The molecule has 2 heteroatoms. The van der Waals surface area contributed by atoms with Crippen LogP contribution in [0.2, 0.25) is 0 Å². The SMILES string of the molecule is c1cc2c3c(ccc2o1)OCC3. The molecule has 0 saturated heterocycles. The van der Waals surface area contributed by atoms with E-state index in [4.69, 9.17) is 9.15 Å². The molecule has 60 valence electrons. The summed E-state index contributed by atoms with van der Waals surface area (Å²) in [7, 11) is 0. The van der Waals surface area contributed by atoms with Crippen molar-refractivity contribution in [1.82, 2.24) is 0 Å². The summed E-state index contributed by atoms with van der Waals surface area (Å²) in [5.74, 6) is 1.02. The first kappa shape index (κ1) is 6.12. The van der Waals surface area contributed by atoms with Crippen molar-refractivity contribution >= 4 is 11.0 Å². The van der Waals surface area contributed by atoms with Crippen LogP contribution in [0.25, 0.3) is 11.0 Å². The lowest BCUT2D eigenvalue weighted by Gasteiger charge is -1.97. The number of fused-ring (bicyclic) bond motifs is 3.